The summed E-state index contributed by atoms with van der Waals surface area (Å²) in [5.41, 5.74) is 3.06. The molecule has 0 fully saturated rings. The van der Waals surface area contributed by atoms with Crippen molar-refractivity contribution in [2.24, 2.45) is 0 Å². The van der Waals surface area contributed by atoms with E-state index >= 15 is 0 Å². The Morgan fingerprint density at radius 3 is 2.59 bits per heavy atom. The van der Waals surface area contributed by atoms with Crippen molar-refractivity contribution in [3.05, 3.63) is 58.4 Å². The Morgan fingerprint density at radius 1 is 1.25 bits per heavy atom. The maximum atomic E-state index is 11.7. The molecule has 0 aliphatic rings. The number of nitriles is 1. The molecule has 0 spiro atoms. The lowest BCUT2D eigenvalue weighted by Gasteiger charge is -2.21. The lowest BCUT2D eigenvalue weighted by molar-refractivity contribution is -0.116. The molecule has 0 saturated heterocycles. The van der Waals surface area contributed by atoms with E-state index in [9.17, 15) is 9.90 Å². The predicted molar refractivity (Wildman–Crippen MR) is 122 cm³/mol. The van der Waals surface area contributed by atoms with Crippen LogP contribution in [0.4, 0.5) is 11.4 Å². The maximum absolute atomic E-state index is 11.7. The molecule has 2 atom stereocenters. The number of nitrogens with zero attached hydrogens (tertiary/aromatic N) is 3. The van der Waals surface area contributed by atoms with E-state index in [1.54, 1.807) is 50.2 Å². The Kier molecular flexibility index (Phi) is 7.46. The van der Waals surface area contributed by atoms with Crippen molar-refractivity contribution in [3.63, 3.8) is 0 Å². The number of aromatic nitrogens is 2. The number of aliphatic hydroxyl groups excluding tert-OH is 1. The number of aliphatic hydroxyl groups is 1. The number of nitrogens with one attached hydrogen (secondary N) is 2. The average molecular weight is 454 g/mol. The van der Waals surface area contributed by atoms with Gasteiger partial charge < -0.3 is 20.2 Å². The van der Waals surface area contributed by atoms with Crippen molar-refractivity contribution in [3.8, 4) is 17.5 Å². The highest BCUT2D eigenvalue weighted by Gasteiger charge is 2.25. The first kappa shape index (κ1) is 23.3. The summed E-state index contributed by atoms with van der Waals surface area (Å²) < 4.78 is 5.82. The molecule has 1 amide bonds. The molecule has 0 radical (unpaired) electrons. The van der Waals surface area contributed by atoms with E-state index in [0.29, 0.717) is 39.5 Å². The maximum Gasteiger partial charge on any atom is 0.247 e. The van der Waals surface area contributed by atoms with Gasteiger partial charge in [0.15, 0.2) is 0 Å². The highest BCUT2D eigenvalue weighted by molar-refractivity contribution is 6.32. The van der Waals surface area contributed by atoms with Crippen LogP contribution in [0.1, 0.15) is 49.7 Å². The number of hydrogen-bond acceptors (Lipinski definition) is 7. The van der Waals surface area contributed by atoms with Gasteiger partial charge in [-0.05, 0) is 62.2 Å². The molecule has 3 rings (SSSR count). The van der Waals surface area contributed by atoms with Crippen LogP contribution < -0.4 is 10.6 Å². The first-order chi connectivity index (χ1) is 15.3. The normalized spacial score (nSPS) is 12.6. The number of carbonyl (C=O) groups excluding carboxylic acids is 1. The molecule has 0 saturated carbocycles. The highest BCUT2D eigenvalue weighted by Crippen LogP contribution is 2.31. The molecule has 1 heterocycles. The summed E-state index contributed by atoms with van der Waals surface area (Å²) in [4.78, 5) is 11.7. The van der Waals surface area contributed by atoms with Gasteiger partial charge in [-0.3, -0.25) is 4.79 Å². The fraction of sp³-hybridized carbons (Fsp3) is 0.304. The van der Waals surface area contributed by atoms with Gasteiger partial charge in [-0.15, -0.1) is 10.2 Å². The van der Waals surface area contributed by atoms with Crippen LogP contribution in [0.25, 0.3) is 11.5 Å². The minimum Gasteiger partial charge on any atom is -0.418 e. The van der Waals surface area contributed by atoms with Gasteiger partial charge in [0.1, 0.15) is 12.1 Å². The number of carbonyl (C=O) groups is 1. The summed E-state index contributed by atoms with van der Waals surface area (Å²) in [5.74, 6) is 0.452. The lowest BCUT2D eigenvalue weighted by Crippen LogP contribution is -2.23. The average Bonchev–Trinajstić information content (AvgIpc) is 3.25. The second-order valence-electron chi connectivity index (χ2n) is 7.40. The van der Waals surface area contributed by atoms with E-state index in [1.807, 2.05) is 13.0 Å². The number of amides is 1. The van der Waals surface area contributed by atoms with Crippen LogP contribution in [0.15, 0.2) is 40.8 Å². The van der Waals surface area contributed by atoms with Gasteiger partial charge in [-0.2, -0.15) is 5.26 Å². The van der Waals surface area contributed by atoms with Crippen molar-refractivity contribution in [2.45, 2.75) is 45.8 Å². The van der Waals surface area contributed by atoms with E-state index in [2.05, 4.69) is 20.8 Å². The van der Waals surface area contributed by atoms with Crippen molar-refractivity contribution in [1.29, 1.82) is 5.26 Å². The summed E-state index contributed by atoms with van der Waals surface area (Å²) in [6.07, 6.45) is 0.390. The summed E-state index contributed by atoms with van der Waals surface area (Å²) in [6, 6.07) is 11.8. The molecule has 0 aliphatic heterocycles. The number of benzene rings is 2. The summed E-state index contributed by atoms with van der Waals surface area (Å²) in [6.45, 7) is 5.34. The monoisotopic (exact) mass is 453 g/mol. The van der Waals surface area contributed by atoms with Gasteiger partial charge in [0.05, 0.1) is 16.7 Å². The lowest BCUT2D eigenvalue weighted by atomic mass is 10.1. The number of hydrogen-bond donors (Lipinski definition) is 3. The molecule has 3 aromatic rings. The second kappa shape index (κ2) is 10.3. The minimum atomic E-state index is -0.853. The Morgan fingerprint density at radius 2 is 1.97 bits per heavy atom. The van der Waals surface area contributed by atoms with Gasteiger partial charge >= 0.3 is 0 Å². The van der Waals surface area contributed by atoms with Crippen LogP contribution in [0.3, 0.4) is 0 Å². The Hall–Kier alpha value is -3.41. The Labute approximate surface area is 191 Å². The minimum absolute atomic E-state index is 0.0376. The highest BCUT2D eigenvalue weighted by atomic mass is 35.5. The first-order valence-corrected chi connectivity index (χ1v) is 10.6. The van der Waals surface area contributed by atoms with Crippen molar-refractivity contribution >= 4 is 28.9 Å². The molecular formula is C23H24ClN5O3. The topological polar surface area (TPSA) is 124 Å². The van der Waals surface area contributed by atoms with Crippen LogP contribution in [0, 0.1) is 18.3 Å². The van der Waals surface area contributed by atoms with Crippen LogP contribution in [-0.4, -0.2) is 27.3 Å². The molecule has 8 nitrogen and oxygen atoms in total. The van der Waals surface area contributed by atoms with Gasteiger partial charge in [0, 0.05) is 23.4 Å². The zero-order valence-electron chi connectivity index (χ0n) is 18.0. The fourth-order valence-corrected chi connectivity index (χ4v) is 3.31. The van der Waals surface area contributed by atoms with Gasteiger partial charge in [0.2, 0.25) is 17.7 Å². The summed E-state index contributed by atoms with van der Waals surface area (Å²) in [7, 11) is 0. The molecule has 2 unspecified atom stereocenters. The van der Waals surface area contributed by atoms with Crippen LogP contribution in [-0.2, 0) is 4.79 Å². The first-order valence-electron chi connectivity index (χ1n) is 10.2. The molecular weight excluding hydrogens is 430 g/mol. The molecule has 3 N–H and O–H groups in total. The standard InChI is InChI=1S/C23H24ClN5O3/c1-4-5-19(31)26-17-9-6-15(7-10-17)22-28-29-23(32-22)21(14(3)30)27-18-11-8-16(12-25)20(24)13(18)2/h6-11,14,21,27,30H,4-5H2,1-3H3,(H,26,31). The Bertz CT molecular complexity index is 1140. The third-order valence-electron chi connectivity index (χ3n) is 4.90. The number of anilines is 2. The van der Waals surface area contributed by atoms with Gasteiger partial charge in [-0.25, -0.2) is 0 Å². The third kappa shape index (κ3) is 5.25. The summed E-state index contributed by atoms with van der Waals surface area (Å²) >= 11 is 6.25. The van der Waals surface area contributed by atoms with Crippen LogP contribution >= 0.6 is 11.6 Å². The van der Waals surface area contributed by atoms with E-state index in [0.717, 1.165) is 6.42 Å². The molecule has 166 valence electrons. The third-order valence-corrected chi connectivity index (χ3v) is 5.39. The largest absolute Gasteiger partial charge is 0.418 e. The van der Waals surface area contributed by atoms with Crippen LogP contribution in [0.2, 0.25) is 5.02 Å². The molecule has 1 aromatic heterocycles. The van der Waals surface area contributed by atoms with Gasteiger partial charge in [-0.1, -0.05) is 18.5 Å². The van der Waals surface area contributed by atoms with E-state index in [4.69, 9.17) is 21.3 Å². The van der Waals surface area contributed by atoms with E-state index < -0.39 is 12.1 Å². The van der Waals surface area contributed by atoms with Crippen molar-refractivity contribution in [1.82, 2.24) is 10.2 Å². The zero-order chi connectivity index (χ0) is 23.3. The summed E-state index contributed by atoms with van der Waals surface area (Å²) in [5, 5.41) is 34.0. The quantitative estimate of drug-likeness (QED) is 0.445. The SMILES string of the molecule is CCCC(=O)Nc1ccc(-c2nnc(C(Nc3ccc(C#N)c(Cl)c3C)C(C)O)o2)cc1. The smallest absolute Gasteiger partial charge is 0.247 e. The predicted octanol–water partition coefficient (Wildman–Crippen LogP) is 4.84. The Balaban J connectivity index is 1.80. The van der Waals surface area contributed by atoms with Crippen LogP contribution in [0.5, 0.6) is 0 Å². The van der Waals surface area contributed by atoms with Gasteiger partial charge in [0.25, 0.3) is 0 Å². The molecule has 0 aliphatic carbocycles. The van der Waals surface area contributed by atoms with E-state index in [1.165, 1.54) is 0 Å². The second-order valence-corrected chi connectivity index (χ2v) is 7.77. The molecule has 9 heteroatoms. The molecule has 0 bridgehead atoms. The number of rotatable bonds is 8. The molecule has 2 aromatic carbocycles. The van der Waals surface area contributed by atoms with Crippen molar-refractivity contribution < 1.29 is 14.3 Å². The van der Waals surface area contributed by atoms with Crippen molar-refractivity contribution in [2.75, 3.05) is 10.6 Å². The number of halogens is 1. The molecule has 32 heavy (non-hydrogen) atoms. The zero-order valence-corrected chi connectivity index (χ0v) is 18.8. The van der Waals surface area contributed by atoms with E-state index in [-0.39, 0.29) is 17.7 Å². The fourth-order valence-electron chi connectivity index (χ4n) is 3.11.